The number of benzene rings is 2. The average Bonchev–Trinajstić information content (AvgIpc) is 2.66. The highest BCUT2D eigenvalue weighted by molar-refractivity contribution is 7.89. The Morgan fingerprint density at radius 3 is 2.11 bits per heavy atom. The van der Waals surface area contributed by atoms with Gasteiger partial charge in [-0.2, -0.15) is 0 Å². The van der Waals surface area contributed by atoms with E-state index in [9.17, 15) is 18.0 Å². The van der Waals surface area contributed by atoms with Gasteiger partial charge in [-0.05, 0) is 36.8 Å². The lowest BCUT2D eigenvalue weighted by Gasteiger charge is -2.13. The second-order valence-electron chi connectivity index (χ2n) is 5.82. The van der Waals surface area contributed by atoms with Crippen molar-refractivity contribution in [3.8, 4) is 11.5 Å². The van der Waals surface area contributed by atoms with E-state index in [1.165, 1.54) is 39.3 Å². The SMILES string of the molecule is COc1cc(OC)cc(C(=O)NNS(=O)(=O)c2cc(NC(C)=O)ccc2C)c1. The normalized spacial score (nSPS) is 10.9. The van der Waals surface area contributed by atoms with Crippen LogP contribution in [0.1, 0.15) is 22.8 Å². The fraction of sp³-hybridized carbons (Fsp3) is 0.222. The monoisotopic (exact) mass is 407 g/mol. The number of anilines is 1. The Bertz CT molecular complexity index is 982. The highest BCUT2D eigenvalue weighted by atomic mass is 32.2. The van der Waals surface area contributed by atoms with E-state index in [-0.39, 0.29) is 16.4 Å². The first-order valence-corrected chi connectivity index (χ1v) is 9.58. The van der Waals surface area contributed by atoms with Crippen LogP contribution in [0.4, 0.5) is 5.69 Å². The number of nitrogens with one attached hydrogen (secondary N) is 3. The lowest BCUT2D eigenvalue weighted by Crippen LogP contribution is -2.41. The number of amides is 2. The van der Waals surface area contributed by atoms with Crippen LogP contribution in [-0.2, 0) is 14.8 Å². The molecule has 0 aliphatic heterocycles. The summed E-state index contributed by atoms with van der Waals surface area (Å²) in [5.74, 6) is -0.269. The van der Waals surface area contributed by atoms with Crippen LogP contribution < -0.4 is 25.0 Å². The Balaban J connectivity index is 2.22. The van der Waals surface area contributed by atoms with Gasteiger partial charge in [-0.3, -0.25) is 15.0 Å². The molecule has 2 amide bonds. The lowest BCUT2D eigenvalue weighted by molar-refractivity contribution is -0.114. The number of hydrogen-bond acceptors (Lipinski definition) is 6. The van der Waals surface area contributed by atoms with Crippen molar-refractivity contribution in [2.24, 2.45) is 0 Å². The minimum absolute atomic E-state index is 0.0812. The molecule has 2 rings (SSSR count). The molecule has 0 atom stereocenters. The van der Waals surface area contributed by atoms with Gasteiger partial charge in [-0.1, -0.05) is 6.07 Å². The van der Waals surface area contributed by atoms with Gasteiger partial charge in [0.2, 0.25) is 5.91 Å². The van der Waals surface area contributed by atoms with Gasteiger partial charge in [-0.25, -0.2) is 8.42 Å². The Labute approximate surface area is 163 Å². The van der Waals surface area contributed by atoms with E-state index < -0.39 is 15.9 Å². The molecule has 0 bridgehead atoms. The molecule has 0 fully saturated rings. The first-order valence-electron chi connectivity index (χ1n) is 8.09. The molecule has 0 aliphatic rings. The van der Waals surface area contributed by atoms with Crippen LogP contribution in [0.2, 0.25) is 0 Å². The van der Waals surface area contributed by atoms with E-state index in [2.05, 4.69) is 10.7 Å². The molecule has 0 saturated heterocycles. The summed E-state index contributed by atoms with van der Waals surface area (Å²) < 4.78 is 35.3. The van der Waals surface area contributed by atoms with Gasteiger partial charge in [-0.15, -0.1) is 4.83 Å². The van der Waals surface area contributed by atoms with Crippen LogP contribution in [0.5, 0.6) is 11.5 Å². The van der Waals surface area contributed by atoms with Crippen LogP contribution in [0.25, 0.3) is 0 Å². The molecule has 9 nitrogen and oxygen atoms in total. The van der Waals surface area contributed by atoms with E-state index in [1.54, 1.807) is 25.1 Å². The number of carbonyl (C=O) groups is 2. The molecule has 0 aliphatic carbocycles. The fourth-order valence-corrected chi connectivity index (χ4v) is 3.46. The average molecular weight is 407 g/mol. The fourth-order valence-electron chi connectivity index (χ4n) is 2.35. The van der Waals surface area contributed by atoms with E-state index in [0.717, 1.165) is 0 Å². The molecule has 28 heavy (non-hydrogen) atoms. The van der Waals surface area contributed by atoms with Crippen molar-refractivity contribution in [3.63, 3.8) is 0 Å². The van der Waals surface area contributed by atoms with E-state index in [1.807, 2.05) is 4.83 Å². The molecule has 150 valence electrons. The largest absolute Gasteiger partial charge is 0.497 e. The number of methoxy groups -OCH3 is 2. The van der Waals surface area contributed by atoms with Crippen molar-refractivity contribution in [1.82, 2.24) is 10.3 Å². The van der Waals surface area contributed by atoms with Crippen LogP contribution in [0.15, 0.2) is 41.3 Å². The maximum atomic E-state index is 12.6. The zero-order chi connectivity index (χ0) is 20.9. The Kier molecular flexibility index (Phi) is 6.60. The van der Waals surface area contributed by atoms with Crippen molar-refractivity contribution >= 4 is 27.5 Å². The number of aryl methyl sites for hydroxylation is 1. The van der Waals surface area contributed by atoms with Gasteiger partial charge in [0.15, 0.2) is 0 Å². The Morgan fingerprint density at radius 2 is 1.57 bits per heavy atom. The molecule has 0 unspecified atom stereocenters. The molecular weight excluding hydrogens is 386 g/mol. The summed E-state index contributed by atoms with van der Waals surface area (Å²) in [7, 11) is -1.21. The third-order valence-electron chi connectivity index (χ3n) is 3.71. The van der Waals surface area contributed by atoms with Crippen molar-refractivity contribution < 1.29 is 27.5 Å². The molecule has 0 spiro atoms. The molecule has 2 aromatic carbocycles. The van der Waals surface area contributed by atoms with E-state index in [4.69, 9.17) is 9.47 Å². The molecule has 0 saturated carbocycles. The number of sulfonamides is 1. The lowest BCUT2D eigenvalue weighted by atomic mass is 10.2. The molecule has 0 heterocycles. The highest BCUT2D eigenvalue weighted by Gasteiger charge is 2.19. The number of ether oxygens (including phenoxy) is 2. The van der Waals surface area contributed by atoms with Gasteiger partial charge in [0, 0.05) is 24.2 Å². The summed E-state index contributed by atoms with van der Waals surface area (Å²) in [6, 6.07) is 8.90. The summed E-state index contributed by atoms with van der Waals surface area (Å²) in [6.45, 7) is 2.91. The maximum Gasteiger partial charge on any atom is 0.266 e. The summed E-state index contributed by atoms with van der Waals surface area (Å²) in [6.07, 6.45) is 0. The second-order valence-corrected chi connectivity index (χ2v) is 7.47. The maximum absolute atomic E-state index is 12.6. The smallest absolute Gasteiger partial charge is 0.266 e. The topological polar surface area (TPSA) is 123 Å². The zero-order valence-electron chi connectivity index (χ0n) is 15.8. The van der Waals surface area contributed by atoms with Crippen molar-refractivity contribution in [1.29, 1.82) is 0 Å². The van der Waals surface area contributed by atoms with Gasteiger partial charge >= 0.3 is 0 Å². The first kappa shape index (κ1) is 21.2. The van der Waals surface area contributed by atoms with Gasteiger partial charge in [0.1, 0.15) is 11.5 Å². The number of hydrogen-bond donors (Lipinski definition) is 3. The molecule has 0 aromatic heterocycles. The standard InChI is InChI=1S/C18H21N3O6S/c1-11-5-6-14(19-12(2)22)9-17(11)28(24,25)21-20-18(23)13-7-15(26-3)10-16(8-13)27-4/h5-10,21H,1-4H3,(H,19,22)(H,20,23). The number of hydrazine groups is 1. The van der Waals surface area contributed by atoms with Crippen molar-refractivity contribution in [2.45, 2.75) is 18.7 Å². The minimum atomic E-state index is -4.08. The minimum Gasteiger partial charge on any atom is -0.497 e. The van der Waals surface area contributed by atoms with E-state index in [0.29, 0.717) is 22.7 Å². The Hall–Kier alpha value is -3.11. The summed E-state index contributed by atoms with van der Waals surface area (Å²) in [5, 5.41) is 2.51. The number of rotatable bonds is 7. The van der Waals surface area contributed by atoms with Gasteiger partial charge in [0.25, 0.3) is 15.9 Å². The van der Waals surface area contributed by atoms with Crippen LogP contribution in [-0.4, -0.2) is 34.5 Å². The quantitative estimate of drug-likeness (QED) is 0.599. The van der Waals surface area contributed by atoms with Crippen LogP contribution in [0, 0.1) is 6.92 Å². The highest BCUT2D eigenvalue weighted by Crippen LogP contribution is 2.23. The van der Waals surface area contributed by atoms with Crippen molar-refractivity contribution in [2.75, 3.05) is 19.5 Å². The van der Waals surface area contributed by atoms with Crippen LogP contribution >= 0.6 is 0 Å². The number of carbonyl (C=O) groups excluding carboxylic acids is 2. The zero-order valence-corrected chi connectivity index (χ0v) is 16.6. The molecule has 10 heteroatoms. The van der Waals surface area contributed by atoms with E-state index >= 15 is 0 Å². The van der Waals surface area contributed by atoms with Crippen LogP contribution in [0.3, 0.4) is 0 Å². The third-order valence-corrected chi connectivity index (χ3v) is 5.10. The van der Waals surface area contributed by atoms with Gasteiger partial charge < -0.3 is 14.8 Å². The molecular formula is C18H21N3O6S. The molecule has 0 radical (unpaired) electrons. The summed E-state index contributed by atoms with van der Waals surface area (Å²) >= 11 is 0. The molecule has 3 N–H and O–H groups in total. The molecule has 2 aromatic rings. The summed E-state index contributed by atoms with van der Waals surface area (Å²) in [5.41, 5.74) is 3.06. The van der Waals surface area contributed by atoms with Crippen molar-refractivity contribution in [3.05, 3.63) is 47.5 Å². The summed E-state index contributed by atoms with van der Waals surface area (Å²) in [4.78, 5) is 25.5. The third kappa shape index (κ3) is 5.21. The predicted octanol–water partition coefficient (Wildman–Crippen LogP) is 1.59. The second kappa shape index (κ2) is 8.72. The Morgan fingerprint density at radius 1 is 0.964 bits per heavy atom. The first-order chi connectivity index (χ1) is 13.2. The van der Waals surface area contributed by atoms with Gasteiger partial charge in [0.05, 0.1) is 19.1 Å². The predicted molar refractivity (Wildman–Crippen MR) is 103 cm³/mol.